The molecule has 0 radical (unpaired) electrons. The van der Waals surface area contributed by atoms with E-state index in [0.29, 0.717) is 56.2 Å². The van der Waals surface area contributed by atoms with Crippen molar-refractivity contribution in [3.05, 3.63) is 42.5 Å². The zero-order valence-corrected chi connectivity index (χ0v) is 37.4. The minimum absolute atomic E-state index is 0.0186. The minimum atomic E-state index is -4.16. The predicted molar refractivity (Wildman–Crippen MR) is 228 cm³/mol. The van der Waals surface area contributed by atoms with Gasteiger partial charge >= 0.3 is 18.2 Å². The molecule has 16 heteroatoms. The summed E-state index contributed by atoms with van der Waals surface area (Å²) in [7, 11) is -4.16. The highest BCUT2D eigenvalue weighted by Crippen LogP contribution is 2.30. The summed E-state index contributed by atoms with van der Waals surface area (Å²) in [6.45, 7) is 14.8. The molecular weight excluding hydrogens is 791 g/mol. The Hall–Kier alpha value is -4.44. The maximum atomic E-state index is 13.7. The Labute approximate surface area is 356 Å². The highest BCUT2D eigenvalue weighted by atomic mass is 32.2. The molecule has 0 spiro atoms. The Bertz CT molecular complexity index is 1820. The number of nitrogens with zero attached hydrogens (tertiary/aromatic N) is 2. The van der Waals surface area contributed by atoms with Gasteiger partial charge in [-0.2, -0.15) is 4.72 Å². The van der Waals surface area contributed by atoms with Gasteiger partial charge in [-0.05, 0) is 135 Å². The monoisotopic (exact) mass is 857 g/mol. The van der Waals surface area contributed by atoms with Gasteiger partial charge in [0.2, 0.25) is 21.8 Å². The molecular formula is C44H67N5O10S. The number of hydrogen-bond donors (Lipinski definition) is 3. The lowest BCUT2D eigenvalue weighted by Gasteiger charge is -2.34. The van der Waals surface area contributed by atoms with Crippen LogP contribution in [0, 0.1) is 17.8 Å². The van der Waals surface area contributed by atoms with Crippen molar-refractivity contribution in [1.29, 1.82) is 0 Å². The number of likely N-dealkylation sites (tertiary alicyclic amines) is 2. The van der Waals surface area contributed by atoms with Crippen LogP contribution in [0.5, 0.6) is 0 Å². The van der Waals surface area contributed by atoms with Crippen LogP contribution in [0.2, 0.25) is 0 Å². The van der Waals surface area contributed by atoms with Crippen LogP contribution in [0.25, 0.3) is 10.8 Å². The zero-order valence-electron chi connectivity index (χ0n) is 36.5. The number of benzene rings is 2. The molecule has 0 saturated carbocycles. The van der Waals surface area contributed by atoms with Crippen molar-refractivity contribution in [2.75, 3.05) is 45.9 Å². The van der Waals surface area contributed by atoms with Crippen molar-refractivity contribution in [2.45, 2.75) is 128 Å². The highest BCUT2D eigenvalue weighted by Gasteiger charge is 2.31. The van der Waals surface area contributed by atoms with Crippen molar-refractivity contribution in [3.63, 3.8) is 0 Å². The van der Waals surface area contributed by atoms with Gasteiger partial charge in [0.25, 0.3) is 0 Å². The average molecular weight is 858 g/mol. The molecule has 2 aliphatic rings. The van der Waals surface area contributed by atoms with E-state index < -0.39 is 39.1 Å². The Morgan fingerprint density at radius 2 is 1.27 bits per heavy atom. The normalized spacial score (nSPS) is 16.3. The first-order chi connectivity index (χ1) is 28.2. The second-order valence-electron chi connectivity index (χ2n) is 18.0. The summed E-state index contributed by atoms with van der Waals surface area (Å²) in [6, 6.07) is 10.6. The van der Waals surface area contributed by atoms with E-state index >= 15 is 0 Å². The molecule has 334 valence electrons. The molecule has 60 heavy (non-hydrogen) atoms. The van der Waals surface area contributed by atoms with Crippen molar-refractivity contribution in [3.8, 4) is 0 Å². The van der Waals surface area contributed by atoms with Crippen molar-refractivity contribution in [2.24, 2.45) is 17.8 Å². The first-order valence-electron chi connectivity index (χ1n) is 21.4. The van der Waals surface area contributed by atoms with Crippen LogP contribution in [0.15, 0.2) is 47.4 Å². The average Bonchev–Trinajstić information content (AvgIpc) is 3.18. The Kier molecular flexibility index (Phi) is 17.6. The number of amides is 4. The van der Waals surface area contributed by atoms with Gasteiger partial charge in [0.15, 0.2) is 0 Å². The third kappa shape index (κ3) is 15.9. The van der Waals surface area contributed by atoms with E-state index in [1.807, 2.05) is 53.7 Å². The molecule has 2 aromatic carbocycles. The molecule has 2 aromatic rings. The molecule has 0 bridgehead atoms. The molecule has 2 fully saturated rings. The fraction of sp³-hybridized carbons (Fsp3) is 0.659. The van der Waals surface area contributed by atoms with Gasteiger partial charge in [0.05, 0.1) is 11.5 Å². The molecule has 4 rings (SSSR count). The summed E-state index contributed by atoms with van der Waals surface area (Å²) < 4.78 is 45.2. The van der Waals surface area contributed by atoms with Crippen LogP contribution in [0.1, 0.15) is 106 Å². The number of carbonyl (C=O) groups excluding carboxylic acids is 5. The maximum Gasteiger partial charge on any atom is 0.410 e. The van der Waals surface area contributed by atoms with Gasteiger partial charge in [0.1, 0.15) is 17.2 Å². The van der Waals surface area contributed by atoms with E-state index in [1.165, 1.54) is 12.1 Å². The van der Waals surface area contributed by atoms with Crippen LogP contribution in [0.3, 0.4) is 0 Å². The summed E-state index contributed by atoms with van der Waals surface area (Å²) in [5.74, 6) is -1.03. The Balaban J connectivity index is 1.30. The van der Waals surface area contributed by atoms with E-state index in [2.05, 4.69) is 15.4 Å². The molecule has 2 heterocycles. The number of rotatable bonds is 17. The lowest BCUT2D eigenvalue weighted by Crippen LogP contribution is -2.49. The number of fused-ring (bicyclic) bond motifs is 1. The molecule has 4 amide bonds. The topological polar surface area (TPSA) is 190 Å². The number of nitrogens with one attached hydrogen (secondary N) is 3. The van der Waals surface area contributed by atoms with Crippen LogP contribution >= 0.6 is 0 Å². The summed E-state index contributed by atoms with van der Waals surface area (Å²) in [6.07, 6.45) is 5.54. The lowest BCUT2D eigenvalue weighted by atomic mass is 9.84. The molecule has 2 saturated heterocycles. The standard InChI is InChI=1S/C44H67N5O10S/c1-8-57-40(52)37(47-60(55,56)36-18-17-33-11-9-10-12-35(33)29-36)30-46-38(50)19-24-45-39(51)34(15-13-31-20-25-48(26-21-31)41(53)58-43(2,3)4)16-14-32-22-27-49(28-23-32)42(54)59-44(5,6)7/h9-12,17-18,29,31-32,34,37,47H,8,13-16,19-28,30H2,1-7H3,(H,45,51)(H,46,50). The van der Waals surface area contributed by atoms with E-state index in [1.54, 1.807) is 34.9 Å². The Morgan fingerprint density at radius 3 is 1.77 bits per heavy atom. The SMILES string of the molecule is CCOC(=O)C(CNC(=O)CCNC(=O)C(CCC1CCN(C(=O)OC(C)(C)C)CC1)CCC1CCN(C(=O)OC(C)(C)C)CC1)NS(=O)(=O)c1ccc2ccccc2c1. The van der Waals surface area contributed by atoms with Crippen LogP contribution in [-0.4, -0.2) is 111 Å². The molecule has 1 unspecified atom stereocenters. The van der Waals surface area contributed by atoms with Crippen molar-refractivity contribution < 1.29 is 46.6 Å². The maximum absolute atomic E-state index is 13.7. The number of hydrogen-bond acceptors (Lipinski definition) is 10. The van der Waals surface area contributed by atoms with Gasteiger partial charge in [-0.15, -0.1) is 0 Å². The number of piperidine rings is 2. The van der Waals surface area contributed by atoms with Crippen LogP contribution < -0.4 is 15.4 Å². The number of ether oxygens (including phenoxy) is 3. The smallest absolute Gasteiger partial charge is 0.410 e. The van der Waals surface area contributed by atoms with Gasteiger partial charge < -0.3 is 34.6 Å². The summed E-state index contributed by atoms with van der Waals surface area (Å²) in [4.78, 5) is 68.1. The molecule has 3 N–H and O–H groups in total. The van der Waals surface area contributed by atoms with E-state index in [0.717, 1.165) is 43.9 Å². The fourth-order valence-corrected chi connectivity index (χ4v) is 8.71. The third-order valence-electron chi connectivity index (χ3n) is 10.8. The number of esters is 1. The van der Waals surface area contributed by atoms with E-state index in [4.69, 9.17) is 14.2 Å². The quantitative estimate of drug-likeness (QED) is 0.123. The number of sulfonamides is 1. The van der Waals surface area contributed by atoms with Gasteiger partial charge in [-0.1, -0.05) is 30.3 Å². The molecule has 0 aliphatic carbocycles. The van der Waals surface area contributed by atoms with Gasteiger partial charge in [-0.3, -0.25) is 14.4 Å². The zero-order chi connectivity index (χ0) is 44.1. The third-order valence-corrected chi connectivity index (χ3v) is 12.3. The molecule has 0 aromatic heterocycles. The molecule has 1 atom stereocenters. The second-order valence-corrected chi connectivity index (χ2v) is 19.7. The molecule has 2 aliphatic heterocycles. The number of carbonyl (C=O) groups is 5. The first-order valence-corrected chi connectivity index (χ1v) is 22.9. The first kappa shape index (κ1) is 48.2. The predicted octanol–water partition coefficient (Wildman–Crippen LogP) is 6.14. The van der Waals surface area contributed by atoms with Crippen molar-refractivity contribution >= 4 is 50.8 Å². The van der Waals surface area contributed by atoms with Crippen LogP contribution in [-0.2, 0) is 38.6 Å². The van der Waals surface area contributed by atoms with Gasteiger partial charge in [-0.25, -0.2) is 18.0 Å². The fourth-order valence-electron chi connectivity index (χ4n) is 7.50. The summed E-state index contributed by atoms with van der Waals surface area (Å²) >= 11 is 0. The molecule has 15 nitrogen and oxygen atoms in total. The van der Waals surface area contributed by atoms with E-state index in [-0.39, 0.29) is 55.0 Å². The largest absolute Gasteiger partial charge is 0.465 e. The van der Waals surface area contributed by atoms with Crippen molar-refractivity contribution in [1.82, 2.24) is 25.2 Å². The van der Waals surface area contributed by atoms with E-state index in [9.17, 15) is 32.4 Å². The minimum Gasteiger partial charge on any atom is -0.465 e. The highest BCUT2D eigenvalue weighted by molar-refractivity contribution is 7.89. The lowest BCUT2D eigenvalue weighted by molar-refractivity contribution is -0.145. The van der Waals surface area contributed by atoms with Crippen LogP contribution in [0.4, 0.5) is 9.59 Å². The summed E-state index contributed by atoms with van der Waals surface area (Å²) in [5, 5.41) is 7.14. The van der Waals surface area contributed by atoms with Gasteiger partial charge in [0, 0.05) is 51.6 Å². The Morgan fingerprint density at radius 1 is 0.750 bits per heavy atom. The second kappa shape index (κ2) is 21.9. The summed E-state index contributed by atoms with van der Waals surface area (Å²) in [5.41, 5.74) is -1.13.